The zero-order chi connectivity index (χ0) is 23.4. The zero-order valence-electron chi connectivity index (χ0n) is 18.8. The standard InChI is InChI=1S/C13H15NO2.C9H15N.C4H2O3/c15-12-3-4-13(16)14(12)6-5-11-8-9-1-2-10(11)7-9;10-4-3-9-6-7-1-2-8(9)5-7;5-3-1-2-4(6)7-3/h1-4,9-11H,5-8H2;1-2,7-9H,3-6,10H2;1-2H. The Morgan fingerprint density at radius 3 is 1.61 bits per heavy atom. The molecule has 4 bridgehead atoms. The molecule has 0 radical (unpaired) electrons. The van der Waals surface area contributed by atoms with E-state index in [4.69, 9.17) is 5.73 Å². The molecule has 6 aliphatic rings. The van der Waals surface area contributed by atoms with Gasteiger partial charge in [0.2, 0.25) is 0 Å². The van der Waals surface area contributed by atoms with Crippen LogP contribution in [-0.2, 0) is 23.9 Å². The molecule has 0 aromatic heterocycles. The molecule has 6 unspecified atom stereocenters. The number of imide groups is 1. The third-order valence-corrected chi connectivity index (χ3v) is 7.55. The minimum absolute atomic E-state index is 0.149. The van der Waals surface area contributed by atoms with Gasteiger partial charge < -0.3 is 10.5 Å². The molecule has 2 saturated carbocycles. The predicted molar refractivity (Wildman–Crippen MR) is 122 cm³/mol. The normalized spacial score (nSPS) is 34.2. The van der Waals surface area contributed by atoms with Gasteiger partial charge in [-0.25, -0.2) is 9.59 Å². The second-order valence-corrected chi connectivity index (χ2v) is 9.68. The summed E-state index contributed by atoms with van der Waals surface area (Å²) in [6.07, 6.45) is 21.9. The number of nitrogens with two attached hydrogens (primary N) is 1. The highest BCUT2D eigenvalue weighted by molar-refractivity contribution is 6.12. The van der Waals surface area contributed by atoms with Crippen molar-refractivity contribution in [2.75, 3.05) is 13.1 Å². The van der Waals surface area contributed by atoms with Crippen LogP contribution >= 0.6 is 0 Å². The first kappa shape index (κ1) is 23.4. The van der Waals surface area contributed by atoms with Crippen molar-refractivity contribution in [2.45, 2.75) is 38.5 Å². The molecule has 7 heteroatoms. The van der Waals surface area contributed by atoms with Gasteiger partial charge in [-0.1, -0.05) is 24.3 Å². The van der Waals surface area contributed by atoms with Gasteiger partial charge in [-0.15, -0.1) is 0 Å². The Labute approximate surface area is 194 Å². The van der Waals surface area contributed by atoms with E-state index in [1.165, 1.54) is 49.2 Å². The summed E-state index contributed by atoms with van der Waals surface area (Å²) in [5.74, 6) is 3.43. The van der Waals surface area contributed by atoms with Crippen molar-refractivity contribution < 1.29 is 23.9 Å². The molecule has 2 amide bonds. The van der Waals surface area contributed by atoms with E-state index in [9.17, 15) is 19.2 Å². The molecule has 0 aromatic carbocycles. The third-order valence-electron chi connectivity index (χ3n) is 7.55. The van der Waals surface area contributed by atoms with Crippen LogP contribution in [0.2, 0.25) is 0 Å². The topological polar surface area (TPSA) is 107 Å². The van der Waals surface area contributed by atoms with Crippen molar-refractivity contribution >= 4 is 23.8 Å². The number of hydrogen-bond acceptors (Lipinski definition) is 6. The van der Waals surface area contributed by atoms with Crippen LogP contribution in [0, 0.1) is 35.5 Å². The molecular weight excluding hydrogens is 420 g/mol. The molecule has 2 aliphatic heterocycles. The van der Waals surface area contributed by atoms with Crippen molar-refractivity contribution in [3.8, 4) is 0 Å². The third kappa shape index (κ3) is 5.77. The molecule has 2 fully saturated rings. The Morgan fingerprint density at radius 2 is 1.24 bits per heavy atom. The fraction of sp³-hybridized carbons (Fsp3) is 0.538. The van der Waals surface area contributed by atoms with Crippen molar-refractivity contribution in [2.24, 2.45) is 41.2 Å². The highest BCUT2D eigenvalue weighted by atomic mass is 16.6. The lowest BCUT2D eigenvalue weighted by atomic mass is 9.90. The van der Waals surface area contributed by atoms with Crippen LogP contribution < -0.4 is 5.73 Å². The second-order valence-electron chi connectivity index (χ2n) is 9.68. The maximum Gasteiger partial charge on any atom is 0.338 e. The summed E-state index contributed by atoms with van der Waals surface area (Å²) in [5, 5.41) is 0. The molecular formula is C26H32N2O5. The number of ether oxygens (including phenoxy) is 1. The highest BCUT2D eigenvalue weighted by Gasteiger charge is 2.36. The molecule has 176 valence electrons. The van der Waals surface area contributed by atoms with E-state index >= 15 is 0 Å². The van der Waals surface area contributed by atoms with Crippen LogP contribution in [0.1, 0.15) is 38.5 Å². The van der Waals surface area contributed by atoms with E-state index in [1.807, 2.05) is 0 Å². The Bertz CT molecular complexity index is 884. The second kappa shape index (κ2) is 10.4. The summed E-state index contributed by atoms with van der Waals surface area (Å²) in [6, 6.07) is 0. The summed E-state index contributed by atoms with van der Waals surface area (Å²) in [4.78, 5) is 43.9. The Kier molecular flexibility index (Phi) is 7.38. The number of fused-ring (bicyclic) bond motifs is 4. The van der Waals surface area contributed by atoms with Gasteiger partial charge in [-0.3, -0.25) is 14.5 Å². The zero-order valence-corrected chi connectivity index (χ0v) is 18.8. The quantitative estimate of drug-likeness (QED) is 0.297. The minimum Gasteiger partial charge on any atom is -0.387 e. The molecule has 4 aliphatic carbocycles. The number of esters is 2. The SMILES string of the molecule is NCCC1CC2C=CC1C2.O=C1C=CC(=O)N1CCC1CC2C=CC1C2.O=C1C=CC(=O)O1. The van der Waals surface area contributed by atoms with Crippen molar-refractivity contribution in [3.63, 3.8) is 0 Å². The lowest BCUT2D eigenvalue weighted by Crippen LogP contribution is -2.32. The first-order valence-electron chi connectivity index (χ1n) is 12.0. The Morgan fingerprint density at radius 1 is 0.727 bits per heavy atom. The molecule has 2 heterocycles. The van der Waals surface area contributed by atoms with Gasteiger partial charge in [0, 0.05) is 30.8 Å². The Hall–Kier alpha value is -2.80. The summed E-state index contributed by atoms with van der Waals surface area (Å²) in [6.45, 7) is 1.47. The van der Waals surface area contributed by atoms with E-state index in [1.54, 1.807) is 0 Å². The van der Waals surface area contributed by atoms with E-state index in [-0.39, 0.29) is 11.8 Å². The van der Waals surface area contributed by atoms with E-state index in [2.05, 4.69) is 29.0 Å². The summed E-state index contributed by atoms with van der Waals surface area (Å²) < 4.78 is 3.97. The van der Waals surface area contributed by atoms with Crippen LogP contribution in [-0.4, -0.2) is 41.7 Å². The number of hydrogen-bond donors (Lipinski definition) is 1. The number of allylic oxidation sites excluding steroid dienone is 4. The van der Waals surface area contributed by atoms with Crippen LogP contribution in [0.15, 0.2) is 48.6 Å². The maximum absolute atomic E-state index is 11.4. The summed E-state index contributed by atoms with van der Waals surface area (Å²) in [5.41, 5.74) is 5.52. The minimum atomic E-state index is -0.579. The molecule has 6 rings (SSSR count). The van der Waals surface area contributed by atoms with Gasteiger partial charge in [0.05, 0.1) is 0 Å². The number of nitrogens with zero attached hydrogens (tertiary/aromatic N) is 1. The monoisotopic (exact) mass is 452 g/mol. The smallest absolute Gasteiger partial charge is 0.338 e. The molecule has 0 aromatic rings. The maximum atomic E-state index is 11.4. The molecule has 33 heavy (non-hydrogen) atoms. The largest absolute Gasteiger partial charge is 0.387 e. The van der Waals surface area contributed by atoms with Gasteiger partial charge >= 0.3 is 11.9 Å². The van der Waals surface area contributed by atoms with Gasteiger partial charge in [-0.2, -0.15) is 0 Å². The lowest BCUT2D eigenvalue weighted by molar-refractivity contribution is -0.150. The number of cyclic esters (lactones) is 2. The lowest BCUT2D eigenvalue weighted by Gasteiger charge is -2.21. The number of amides is 2. The fourth-order valence-electron chi connectivity index (χ4n) is 5.92. The van der Waals surface area contributed by atoms with E-state index in [0.29, 0.717) is 18.4 Å². The van der Waals surface area contributed by atoms with E-state index in [0.717, 1.165) is 48.8 Å². The summed E-state index contributed by atoms with van der Waals surface area (Å²) >= 11 is 0. The van der Waals surface area contributed by atoms with Gasteiger partial charge in [-0.05, 0) is 80.6 Å². The van der Waals surface area contributed by atoms with Crippen LogP contribution in [0.3, 0.4) is 0 Å². The predicted octanol–water partition coefficient (Wildman–Crippen LogP) is 2.69. The van der Waals surface area contributed by atoms with Crippen LogP contribution in [0.5, 0.6) is 0 Å². The first-order chi connectivity index (χ1) is 15.9. The number of rotatable bonds is 5. The molecule has 2 N–H and O–H groups in total. The van der Waals surface area contributed by atoms with Crippen LogP contribution in [0.4, 0.5) is 0 Å². The molecule has 0 saturated heterocycles. The average Bonchev–Trinajstić information content (AvgIpc) is 3.62. The molecule has 0 spiro atoms. The molecule has 7 nitrogen and oxygen atoms in total. The fourth-order valence-corrected chi connectivity index (χ4v) is 5.92. The van der Waals surface area contributed by atoms with Crippen LogP contribution in [0.25, 0.3) is 0 Å². The first-order valence-corrected chi connectivity index (χ1v) is 12.0. The van der Waals surface area contributed by atoms with Crippen molar-refractivity contribution in [3.05, 3.63) is 48.6 Å². The average molecular weight is 453 g/mol. The summed E-state index contributed by atoms with van der Waals surface area (Å²) in [7, 11) is 0. The van der Waals surface area contributed by atoms with Gasteiger partial charge in [0.25, 0.3) is 11.8 Å². The van der Waals surface area contributed by atoms with Gasteiger partial charge in [0.15, 0.2) is 0 Å². The Balaban J connectivity index is 0.000000130. The van der Waals surface area contributed by atoms with Crippen molar-refractivity contribution in [1.82, 2.24) is 4.90 Å². The number of carbonyl (C=O) groups excluding carboxylic acids is 4. The molecule has 6 atom stereocenters. The van der Waals surface area contributed by atoms with Crippen molar-refractivity contribution in [1.29, 1.82) is 0 Å². The highest BCUT2D eigenvalue weighted by Crippen LogP contribution is 2.45. The number of carbonyl (C=O) groups is 4. The van der Waals surface area contributed by atoms with E-state index < -0.39 is 11.9 Å². The van der Waals surface area contributed by atoms with Gasteiger partial charge in [0.1, 0.15) is 0 Å².